The molecule has 1 aromatic rings. The van der Waals surface area contributed by atoms with Crippen LogP contribution in [0.15, 0.2) is 18.3 Å². The molecule has 1 amide bonds. The first-order valence-corrected chi connectivity index (χ1v) is 5.12. The molecule has 6 heteroatoms. The zero-order chi connectivity index (χ0) is 12.8. The van der Waals surface area contributed by atoms with Crippen molar-refractivity contribution in [1.82, 2.24) is 10.3 Å². The van der Waals surface area contributed by atoms with Gasteiger partial charge >= 0.3 is 11.9 Å². The molecule has 92 valence electrons. The lowest BCUT2D eigenvalue weighted by Gasteiger charge is -2.12. The van der Waals surface area contributed by atoms with Crippen LogP contribution >= 0.6 is 0 Å². The second-order valence-corrected chi connectivity index (χ2v) is 3.62. The van der Waals surface area contributed by atoms with Crippen LogP contribution in [0.2, 0.25) is 0 Å². The first kappa shape index (κ1) is 13.0. The third-order valence-electron chi connectivity index (χ3n) is 1.83. The van der Waals surface area contributed by atoms with E-state index >= 15 is 0 Å². The average Bonchev–Trinajstić information content (AvgIpc) is 2.26. The van der Waals surface area contributed by atoms with E-state index in [9.17, 15) is 9.59 Å². The van der Waals surface area contributed by atoms with Crippen molar-refractivity contribution in [3.63, 3.8) is 0 Å². The van der Waals surface area contributed by atoms with Gasteiger partial charge in [-0.25, -0.2) is 9.78 Å². The van der Waals surface area contributed by atoms with E-state index < -0.39 is 11.9 Å². The van der Waals surface area contributed by atoms with E-state index in [4.69, 9.17) is 9.84 Å². The van der Waals surface area contributed by atoms with Gasteiger partial charge in [-0.1, -0.05) is 6.07 Å². The number of ether oxygens (including phenoxy) is 1. The van der Waals surface area contributed by atoms with Crippen LogP contribution in [0.5, 0.6) is 5.88 Å². The minimum Gasteiger partial charge on any atom is -0.475 e. The van der Waals surface area contributed by atoms with Gasteiger partial charge in [0.2, 0.25) is 5.88 Å². The molecule has 1 aromatic heterocycles. The standard InChI is InChI=1S/C11H14N2O4/c1-7(2)17-10-8(4-3-5-12-10)6-13-9(14)11(15)16/h3-5,7H,6H2,1-2H3,(H,13,14)(H,15,16). The van der Waals surface area contributed by atoms with Crippen LogP contribution in [-0.2, 0) is 16.1 Å². The van der Waals surface area contributed by atoms with Crippen molar-refractivity contribution in [2.24, 2.45) is 0 Å². The normalized spacial score (nSPS) is 10.1. The Morgan fingerprint density at radius 1 is 1.53 bits per heavy atom. The lowest BCUT2D eigenvalue weighted by atomic mass is 10.2. The van der Waals surface area contributed by atoms with Crippen LogP contribution in [0.3, 0.4) is 0 Å². The summed E-state index contributed by atoms with van der Waals surface area (Å²) >= 11 is 0. The highest BCUT2D eigenvalue weighted by molar-refractivity contribution is 6.31. The van der Waals surface area contributed by atoms with Crippen molar-refractivity contribution in [3.8, 4) is 5.88 Å². The van der Waals surface area contributed by atoms with Crippen molar-refractivity contribution in [3.05, 3.63) is 23.9 Å². The molecular weight excluding hydrogens is 224 g/mol. The first-order chi connectivity index (χ1) is 8.00. The minimum atomic E-state index is -1.51. The molecule has 0 spiro atoms. The molecule has 0 saturated heterocycles. The van der Waals surface area contributed by atoms with E-state index in [0.717, 1.165) is 0 Å². The van der Waals surface area contributed by atoms with E-state index in [0.29, 0.717) is 11.4 Å². The van der Waals surface area contributed by atoms with Crippen LogP contribution in [0.1, 0.15) is 19.4 Å². The summed E-state index contributed by atoms with van der Waals surface area (Å²) in [6, 6.07) is 3.41. The molecule has 1 rings (SSSR count). The Morgan fingerprint density at radius 2 is 2.24 bits per heavy atom. The number of nitrogens with one attached hydrogen (secondary N) is 1. The van der Waals surface area contributed by atoms with Crippen LogP contribution in [0.4, 0.5) is 0 Å². The third kappa shape index (κ3) is 4.10. The largest absolute Gasteiger partial charge is 0.475 e. The Morgan fingerprint density at radius 3 is 2.82 bits per heavy atom. The predicted molar refractivity (Wildman–Crippen MR) is 59.5 cm³/mol. The SMILES string of the molecule is CC(C)Oc1ncccc1CNC(=O)C(=O)O. The molecule has 0 saturated carbocycles. The second kappa shape index (κ2) is 5.83. The molecule has 0 fully saturated rings. The Labute approximate surface area is 98.6 Å². The number of nitrogens with zero attached hydrogens (tertiary/aromatic N) is 1. The van der Waals surface area contributed by atoms with Crippen molar-refractivity contribution < 1.29 is 19.4 Å². The van der Waals surface area contributed by atoms with Crippen molar-refractivity contribution in [2.45, 2.75) is 26.5 Å². The first-order valence-electron chi connectivity index (χ1n) is 5.12. The van der Waals surface area contributed by atoms with Crippen molar-refractivity contribution >= 4 is 11.9 Å². The fraction of sp³-hybridized carbons (Fsp3) is 0.364. The zero-order valence-electron chi connectivity index (χ0n) is 9.64. The van der Waals surface area contributed by atoms with E-state index in [1.165, 1.54) is 0 Å². The Balaban J connectivity index is 2.70. The summed E-state index contributed by atoms with van der Waals surface area (Å²) in [5.74, 6) is -2.17. The number of carbonyl (C=O) groups excluding carboxylic acids is 1. The van der Waals surface area contributed by atoms with Crippen molar-refractivity contribution in [2.75, 3.05) is 0 Å². The number of aliphatic carboxylic acids is 1. The Kier molecular flexibility index (Phi) is 4.45. The maximum Gasteiger partial charge on any atom is 0.394 e. The quantitative estimate of drug-likeness (QED) is 0.748. The fourth-order valence-corrected chi connectivity index (χ4v) is 1.14. The van der Waals surface area contributed by atoms with Crippen molar-refractivity contribution in [1.29, 1.82) is 0 Å². The topological polar surface area (TPSA) is 88.5 Å². The smallest absolute Gasteiger partial charge is 0.394 e. The number of aromatic nitrogens is 1. The molecule has 17 heavy (non-hydrogen) atoms. The van der Waals surface area contributed by atoms with E-state index in [1.54, 1.807) is 18.3 Å². The summed E-state index contributed by atoms with van der Waals surface area (Å²) in [6.45, 7) is 3.78. The molecular formula is C11H14N2O4. The molecule has 0 aliphatic heterocycles. The van der Waals surface area contributed by atoms with Gasteiger partial charge in [-0.2, -0.15) is 0 Å². The van der Waals surface area contributed by atoms with Gasteiger partial charge in [-0.15, -0.1) is 0 Å². The molecule has 0 aliphatic carbocycles. The van der Waals surface area contributed by atoms with Crippen LogP contribution in [0, 0.1) is 0 Å². The van der Waals surface area contributed by atoms with E-state index in [2.05, 4.69) is 10.3 Å². The summed E-state index contributed by atoms with van der Waals surface area (Å²) in [7, 11) is 0. The second-order valence-electron chi connectivity index (χ2n) is 3.62. The third-order valence-corrected chi connectivity index (χ3v) is 1.83. The Bertz CT molecular complexity index is 418. The lowest BCUT2D eigenvalue weighted by Crippen LogP contribution is -2.30. The van der Waals surface area contributed by atoms with Gasteiger partial charge in [0.05, 0.1) is 6.10 Å². The Hall–Kier alpha value is -2.11. The summed E-state index contributed by atoms with van der Waals surface area (Å²) in [5.41, 5.74) is 0.635. The molecule has 0 bridgehead atoms. The highest BCUT2D eigenvalue weighted by Gasteiger charge is 2.12. The molecule has 1 heterocycles. The van der Waals surface area contributed by atoms with Crippen LogP contribution < -0.4 is 10.1 Å². The molecule has 0 unspecified atom stereocenters. The van der Waals surface area contributed by atoms with Gasteiger partial charge in [0, 0.05) is 18.3 Å². The van der Waals surface area contributed by atoms with Gasteiger partial charge in [-0.3, -0.25) is 4.79 Å². The zero-order valence-corrected chi connectivity index (χ0v) is 9.64. The average molecular weight is 238 g/mol. The molecule has 0 atom stereocenters. The highest BCUT2D eigenvalue weighted by atomic mass is 16.5. The molecule has 0 radical (unpaired) electrons. The number of pyridine rings is 1. The summed E-state index contributed by atoms with van der Waals surface area (Å²) in [5, 5.41) is 10.7. The van der Waals surface area contributed by atoms with Crippen LogP contribution in [0.25, 0.3) is 0 Å². The molecule has 2 N–H and O–H groups in total. The van der Waals surface area contributed by atoms with Gasteiger partial charge in [0.25, 0.3) is 0 Å². The number of carbonyl (C=O) groups is 2. The maximum absolute atomic E-state index is 10.9. The van der Waals surface area contributed by atoms with E-state index in [-0.39, 0.29) is 12.6 Å². The monoisotopic (exact) mass is 238 g/mol. The predicted octanol–water partition coefficient (Wildman–Crippen LogP) is 0.570. The summed E-state index contributed by atoms with van der Waals surface area (Å²) in [6.07, 6.45) is 1.53. The number of carboxylic acids is 1. The maximum atomic E-state index is 10.9. The fourth-order valence-electron chi connectivity index (χ4n) is 1.14. The van der Waals surface area contributed by atoms with Crippen LogP contribution in [-0.4, -0.2) is 28.1 Å². The van der Waals surface area contributed by atoms with Gasteiger partial charge in [0.15, 0.2) is 0 Å². The molecule has 0 aromatic carbocycles. The van der Waals surface area contributed by atoms with Gasteiger partial charge in [0.1, 0.15) is 0 Å². The number of carboxylic acid groups (broad SMARTS) is 1. The molecule has 0 aliphatic rings. The summed E-state index contributed by atoms with van der Waals surface area (Å²) in [4.78, 5) is 25.2. The highest BCUT2D eigenvalue weighted by Crippen LogP contribution is 2.15. The summed E-state index contributed by atoms with van der Waals surface area (Å²) < 4.78 is 5.43. The van der Waals surface area contributed by atoms with Gasteiger partial charge < -0.3 is 15.2 Å². The number of rotatable bonds is 4. The number of amides is 1. The molecule has 6 nitrogen and oxygen atoms in total. The van der Waals surface area contributed by atoms with E-state index in [1.807, 2.05) is 13.8 Å². The number of hydrogen-bond donors (Lipinski definition) is 2. The minimum absolute atomic E-state index is 0.0428. The number of hydrogen-bond acceptors (Lipinski definition) is 4. The lowest BCUT2D eigenvalue weighted by molar-refractivity contribution is -0.150. The van der Waals surface area contributed by atoms with Gasteiger partial charge in [-0.05, 0) is 19.9 Å².